The smallest absolute Gasteiger partial charge is 0.183 e. The Morgan fingerprint density at radius 1 is 1.32 bits per heavy atom. The van der Waals surface area contributed by atoms with E-state index in [0.29, 0.717) is 0 Å². The maximum absolute atomic E-state index is 9.29. The van der Waals surface area contributed by atoms with Crippen LogP contribution in [0.3, 0.4) is 0 Å². The molecular formula is C14H17BrN2OS. The van der Waals surface area contributed by atoms with Gasteiger partial charge in [0.2, 0.25) is 0 Å². The fourth-order valence-electron chi connectivity index (χ4n) is 1.65. The minimum Gasteiger partial charge on any atom is -0.394 e. The van der Waals surface area contributed by atoms with Gasteiger partial charge in [0, 0.05) is 14.9 Å². The molecule has 0 radical (unpaired) electrons. The predicted molar refractivity (Wildman–Crippen MR) is 84.8 cm³/mol. The molecule has 1 heterocycles. The Morgan fingerprint density at radius 3 is 2.53 bits per heavy atom. The number of aliphatic hydroxyl groups is 1. The number of thiazole rings is 1. The number of hydrogen-bond donors (Lipinski definition) is 2. The summed E-state index contributed by atoms with van der Waals surface area (Å²) in [5.41, 5.74) is 1.74. The van der Waals surface area contributed by atoms with E-state index in [9.17, 15) is 5.11 Å². The highest BCUT2D eigenvalue weighted by molar-refractivity contribution is 9.10. The largest absolute Gasteiger partial charge is 0.394 e. The van der Waals surface area contributed by atoms with Crippen LogP contribution in [0.5, 0.6) is 0 Å². The van der Waals surface area contributed by atoms with Crippen molar-refractivity contribution in [2.45, 2.75) is 26.3 Å². The van der Waals surface area contributed by atoms with Gasteiger partial charge < -0.3 is 10.4 Å². The lowest BCUT2D eigenvalue weighted by molar-refractivity contribution is 0.234. The van der Waals surface area contributed by atoms with E-state index in [1.165, 1.54) is 4.88 Å². The van der Waals surface area contributed by atoms with E-state index < -0.39 is 0 Å². The lowest BCUT2D eigenvalue weighted by Crippen LogP contribution is -2.34. The molecule has 1 aromatic carbocycles. The van der Waals surface area contributed by atoms with Crippen molar-refractivity contribution in [2.24, 2.45) is 0 Å². The highest BCUT2D eigenvalue weighted by atomic mass is 79.9. The molecule has 0 aliphatic rings. The first-order valence-electron chi connectivity index (χ1n) is 6.04. The van der Waals surface area contributed by atoms with Crippen LogP contribution in [-0.4, -0.2) is 22.2 Å². The predicted octanol–water partition coefficient (Wildman–Crippen LogP) is 4.06. The van der Waals surface area contributed by atoms with Crippen molar-refractivity contribution in [3.63, 3.8) is 0 Å². The molecule has 2 rings (SSSR count). The molecule has 1 aromatic heterocycles. The summed E-state index contributed by atoms with van der Waals surface area (Å²) in [6.07, 6.45) is 0. The second-order valence-electron chi connectivity index (χ2n) is 5.10. The van der Waals surface area contributed by atoms with Gasteiger partial charge in [0.05, 0.1) is 17.8 Å². The van der Waals surface area contributed by atoms with E-state index in [1.807, 2.05) is 38.1 Å². The topological polar surface area (TPSA) is 45.1 Å². The molecule has 0 aliphatic carbocycles. The number of nitrogens with one attached hydrogen (secondary N) is 1. The Bertz CT molecular complexity index is 563. The summed E-state index contributed by atoms with van der Waals surface area (Å²) in [5.74, 6) is 0. The summed E-state index contributed by atoms with van der Waals surface area (Å²) >= 11 is 5.04. The molecule has 5 heteroatoms. The normalized spacial score (nSPS) is 11.6. The second kappa shape index (κ2) is 5.61. The number of benzene rings is 1. The fraction of sp³-hybridized carbons (Fsp3) is 0.357. The second-order valence-corrected chi connectivity index (χ2v) is 7.22. The first-order chi connectivity index (χ1) is 8.91. The number of nitrogens with zero attached hydrogens (tertiary/aromatic N) is 1. The van der Waals surface area contributed by atoms with Crippen LogP contribution in [0.15, 0.2) is 28.7 Å². The molecule has 19 heavy (non-hydrogen) atoms. The van der Waals surface area contributed by atoms with Crippen molar-refractivity contribution in [1.29, 1.82) is 0 Å². The van der Waals surface area contributed by atoms with Crippen LogP contribution in [0.25, 0.3) is 11.3 Å². The van der Waals surface area contributed by atoms with Crippen molar-refractivity contribution in [3.05, 3.63) is 33.6 Å². The van der Waals surface area contributed by atoms with Crippen LogP contribution in [0, 0.1) is 6.92 Å². The van der Waals surface area contributed by atoms with Gasteiger partial charge in [0.1, 0.15) is 0 Å². The summed E-state index contributed by atoms with van der Waals surface area (Å²) in [7, 11) is 0. The van der Waals surface area contributed by atoms with E-state index in [1.54, 1.807) is 11.3 Å². The quantitative estimate of drug-likeness (QED) is 0.881. The first-order valence-corrected chi connectivity index (χ1v) is 7.65. The van der Waals surface area contributed by atoms with Gasteiger partial charge in [-0.1, -0.05) is 28.1 Å². The third-order valence-electron chi connectivity index (χ3n) is 2.75. The number of aryl methyl sites for hydroxylation is 1. The highest BCUT2D eigenvalue weighted by Gasteiger charge is 2.19. The van der Waals surface area contributed by atoms with Crippen LogP contribution < -0.4 is 5.32 Å². The van der Waals surface area contributed by atoms with Crippen molar-refractivity contribution in [3.8, 4) is 11.3 Å². The van der Waals surface area contributed by atoms with Crippen molar-refractivity contribution in [2.75, 3.05) is 11.9 Å². The van der Waals surface area contributed by atoms with Crippen LogP contribution in [0.1, 0.15) is 18.7 Å². The number of hydrogen-bond acceptors (Lipinski definition) is 4. The maximum atomic E-state index is 9.29. The van der Waals surface area contributed by atoms with Gasteiger partial charge in [0.15, 0.2) is 5.13 Å². The molecule has 0 spiro atoms. The number of aliphatic hydroxyl groups excluding tert-OH is 1. The zero-order valence-corrected chi connectivity index (χ0v) is 13.6. The molecule has 0 unspecified atom stereocenters. The molecular weight excluding hydrogens is 324 g/mol. The minimum atomic E-state index is -0.360. The summed E-state index contributed by atoms with van der Waals surface area (Å²) in [5, 5.41) is 13.4. The van der Waals surface area contributed by atoms with Crippen molar-refractivity contribution < 1.29 is 5.11 Å². The Labute approximate surface area is 125 Å². The number of halogens is 1. The molecule has 0 saturated carbocycles. The molecule has 102 valence electrons. The number of aromatic nitrogens is 1. The maximum Gasteiger partial charge on any atom is 0.183 e. The zero-order chi connectivity index (χ0) is 14.0. The average Bonchev–Trinajstić information content (AvgIpc) is 2.70. The lowest BCUT2D eigenvalue weighted by atomic mass is 10.1. The first kappa shape index (κ1) is 14.5. The van der Waals surface area contributed by atoms with Gasteiger partial charge in [-0.25, -0.2) is 4.98 Å². The van der Waals surface area contributed by atoms with Gasteiger partial charge >= 0.3 is 0 Å². The Morgan fingerprint density at radius 2 is 1.95 bits per heavy atom. The van der Waals surface area contributed by atoms with Crippen LogP contribution >= 0.6 is 27.3 Å². The minimum absolute atomic E-state index is 0.0687. The third-order valence-corrected chi connectivity index (χ3v) is 4.17. The van der Waals surface area contributed by atoms with Gasteiger partial charge in [0.25, 0.3) is 0 Å². The third kappa shape index (κ3) is 3.55. The van der Waals surface area contributed by atoms with Crippen molar-refractivity contribution in [1.82, 2.24) is 4.98 Å². The molecule has 2 N–H and O–H groups in total. The number of anilines is 1. The van der Waals surface area contributed by atoms with E-state index in [0.717, 1.165) is 20.9 Å². The Kier molecular flexibility index (Phi) is 4.28. The average molecular weight is 341 g/mol. The van der Waals surface area contributed by atoms with Gasteiger partial charge in [-0.2, -0.15) is 0 Å². The summed E-state index contributed by atoms with van der Waals surface area (Å²) in [4.78, 5) is 5.79. The fourth-order valence-corrected chi connectivity index (χ4v) is 2.93. The Balaban J connectivity index is 2.29. The highest BCUT2D eigenvalue weighted by Crippen LogP contribution is 2.32. The van der Waals surface area contributed by atoms with Gasteiger partial charge in [-0.3, -0.25) is 0 Å². The van der Waals surface area contributed by atoms with Gasteiger partial charge in [-0.15, -0.1) is 11.3 Å². The zero-order valence-electron chi connectivity index (χ0n) is 11.2. The summed E-state index contributed by atoms with van der Waals surface area (Å²) in [6, 6.07) is 8.12. The molecule has 0 fully saturated rings. The van der Waals surface area contributed by atoms with Crippen LogP contribution in [-0.2, 0) is 0 Å². The van der Waals surface area contributed by atoms with E-state index in [2.05, 4.69) is 33.2 Å². The van der Waals surface area contributed by atoms with E-state index >= 15 is 0 Å². The van der Waals surface area contributed by atoms with Gasteiger partial charge in [-0.05, 0) is 32.9 Å². The summed E-state index contributed by atoms with van der Waals surface area (Å²) < 4.78 is 1.06. The SMILES string of the molecule is Cc1sc(NC(C)(C)CO)nc1-c1ccc(Br)cc1. The molecule has 0 saturated heterocycles. The molecule has 2 aromatic rings. The van der Waals surface area contributed by atoms with Crippen LogP contribution in [0.2, 0.25) is 0 Å². The molecule has 0 atom stereocenters. The molecule has 0 amide bonds. The van der Waals surface area contributed by atoms with Crippen molar-refractivity contribution >= 4 is 32.4 Å². The molecule has 3 nitrogen and oxygen atoms in total. The molecule has 0 bridgehead atoms. The lowest BCUT2D eigenvalue weighted by Gasteiger charge is -2.22. The monoisotopic (exact) mass is 340 g/mol. The van der Waals surface area contributed by atoms with Crippen LogP contribution in [0.4, 0.5) is 5.13 Å². The number of rotatable bonds is 4. The Hall–Kier alpha value is -0.910. The summed E-state index contributed by atoms with van der Waals surface area (Å²) in [6.45, 7) is 6.03. The molecule has 0 aliphatic heterocycles. The standard InChI is InChI=1S/C14H17BrN2OS/c1-9-12(10-4-6-11(15)7-5-10)16-13(19-9)17-14(2,3)8-18/h4-7,18H,8H2,1-3H3,(H,16,17). The van der Waals surface area contributed by atoms with E-state index in [-0.39, 0.29) is 12.1 Å². The van der Waals surface area contributed by atoms with E-state index in [4.69, 9.17) is 0 Å².